The zero-order valence-electron chi connectivity index (χ0n) is 10.2. The Morgan fingerprint density at radius 2 is 2.18 bits per heavy atom. The van der Waals surface area contributed by atoms with Gasteiger partial charge in [0.2, 0.25) is 0 Å². The molecule has 17 heavy (non-hydrogen) atoms. The van der Waals surface area contributed by atoms with Crippen LogP contribution in [-0.2, 0) is 7.05 Å². The van der Waals surface area contributed by atoms with E-state index in [4.69, 9.17) is 10.5 Å². The molecule has 0 radical (unpaired) electrons. The maximum Gasteiger partial charge on any atom is 0.172 e. The minimum atomic E-state index is -0.329. The Kier molecular flexibility index (Phi) is 3.10. The van der Waals surface area contributed by atoms with E-state index in [-0.39, 0.29) is 6.04 Å². The Balaban J connectivity index is 2.32. The first-order valence-electron chi connectivity index (χ1n) is 5.39. The molecule has 1 aromatic carbocycles. The largest absolute Gasteiger partial charge is 0.497 e. The molecule has 90 valence electrons. The van der Waals surface area contributed by atoms with E-state index in [2.05, 4.69) is 10.1 Å². The fourth-order valence-electron chi connectivity index (χ4n) is 1.60. The van der Waals surface area contributed by atoms with Gasteiger partial charge in [-0.05, 0) is 24.6 Å². The highest BCUT2D eigenvalue weighted by atomic mass is 16.5. The van der Waals surface area contributed by atoms with Crippen molar-refractivity contribution in [3.63, 3.8) is 0 Å². The Hall–Kier alpha value is -1.88. The molecule has 1 heterocycles. The minimum Gasteiger partial charge on any atom is -0.497 e. The summed E-state index contributed by atoms with van der Waals surface area (Å²) in [5.74, 6) is 2.25. The lowest BCUT2D eigenvalue weighted by atomic mass is 10.1. The number of hydrogen-bond acceptors (Lipinski definition) is 4. The van der Waals surface area contributed by atoms with E-state index in [1.165, 1.54) is 0 Å². The molecule has 0 bridgehead atoms. The van der Waals surface area contributed by atoms with E-state index >= 15 is 0 Å². The van der Waals surface area contributed by atoms with Gasteiger partial charge in [-0.25, -0.2) is 4.98 Å². The third kappa shape index (κ3) is 2.29. The topological polar surface area (TPSA) is 66.0 Å². The predicted molar refractivity (Wildman–Crippen MR) is 64.8 cm³/mol. The van der Waals surface area contributed by atoms with Crippen molar-refractivity contribution in [2.75, 3.05) is 7.11 Å². The van der Waals surface area contributed by atoms with E-state index in [9.17, 15) is 0 Å². The van der Waals surface area contributed by atoms with Crippen LogP contribution in [0.5, 0.6) is 5.75 Å². The molecule has 1 aromatic heterocycles. The number of aryl methyl sites for hydroxylation is 2. The second kappa shape index (κ2) is 4.55. The van der Waals surface area contributed by atoms with Crippen molar-refractivity contribution in [3.05, 3.63) is 41.5 Å². The lowest BCUT2D eigenvalue weighted by Gasteiger charge is -2.09. The van der Waals surface area contributed by atoms with E-state index in [0.29, 0.717) is 5.82 Å². The molecule has 0 saturated carbocycles. The van der Waals surface area contributed by atoms with Crippen molar-refractivity contribution in [3.8, 4) is 5.75 Å². The summed E-state index contributed by atoms with van der Waals surface area (Å²) in [5.41, 5.74) is 7.07. The molecule has 0 saturated heterocycles. The van der Waals surface area contributed by atoms with Crippen LogP contribution in [0.2, 0.25) is 0 Å². The number of benzene rings is 1. The van der Waals surface area contributed by atoms with Crippen molar-refractivity contribution < 1.29 is 4.74 Å². The van der Waals surface area contributed by atoms with Crippen molar-refractivity contribution >= 4 is 0 Å². The molecule has 0 spiro atoms. The highest BCUT2D eigenvalue weighted by Gasteiger charge is 2.15. The van der Waals surface area contributed by atoms with Gasteiger partial charge in [-0.2, -0.15) is 5.10 Å². The highest BCUT2D eigenvalue weighted by Crippen LogP contribution is 2.21. The van der Waals surface area contributed by atoms with Crippen LogP contribution < -0.4 is 10.5 Å². The second-order valence-corrected chi connectivity index (χ2v) is 3.90. The van der Waals surface area contributed by atoms with Gasteiger partial charge in [-0.3, -0.25) is 4.68 Å². The highest BCUT2D eigenvalue weighted by molar-refractivity contribution is 5.32. The van der Waals surface area contributed by atoms with Crippen LogP contribution in [0.4, 0.5) is 0 Å². The third-order valence-electron chi connectivity index (χ3n) is 2.73. The van der Waals surface area contributed by atoms with Gasteiger partial charge < -0.3 is 10.5 Å². The van der Waals surface area contributed by atoms with Gasteiger partial charge in [0.1, 0.15) is 11.6 Å². The lowest BCUT2D eigenvalue weighted by molar-refractivity contribution is 0.414. The van der Waals surface area contributed by atoms with Gasteiger partial charge in [0.05, 0.1) is 13.2 Å². The van der Waals surface area contributed by atoms with Crippen LogP contribution in [0, 0.1) is 6.92 Å². The van der Waals surface area contributed by atoms with Crippen LogP contribution in [0.15, 0.2) is 24.3 Å². The molecule has 0 unspecified atom stereocenters. The molecule has 0 aliphatic heterocycles. The van der Waals surface area contributed by atoms with Gasteiger partial charge in [-0.15, -0.1) is 0 Å². The number of ether oxygens (including phenoxy) is 1. The average molecular weight is 232 g/mol. The van der Waals surface area contributed by atoms with Crippen molar-refractivity contribution in [2.24, 2.45) is 12.8 Å². The number of hydrogen-bond donors (Lipinski definition) is 1. The Bertz CT molecular complexity index is 501. The molecule has 2 aromatic rings. The van der Waals surface area contributed by atoms with Gasteiger partial charge in [0.25, 0.3) is 0 Å². The summed E-state index contributed by atoms with van der Waals surface area (Å²) in [6.07, 6.45) is 0. The number of rotatable bonds is 3. The Morgan fingerprint density at radius 3 is 2.76 bits per heavy atom. The van der Waals surface area contributed by atoms with Crippen LogP contribution >= 0.6 is 0 Å². The monoisotopic (exact) mass is 232 g/mol. The number of methoxy groups -OCH3 is 1. The van der Waals surface area contributed by atoms with E-state index < -0.39 is 0 Å². The molecule has 2 rings (SSSR count). The zero-order valence-corrected chi connectivity index (χ0v) is 10.2. The van der Waals surface area contributed by atoms with Gasteiger partial charge in [-0.1, -0.05) is 12.1 Å². The Morgan fingerprint density at radius 1 is 1.41 bits per heavy atom. The smallest absolute Gasteiger partial charge is 0.172 e. The maximum absolute atomic E-state index is 6.13. The summed E-state index contributed by atoms with van der Waals surface area (Å²) in [6.45, 7) is 1.90. The van der Waals surface area contributed by atoms with Gasteiger partial charge in [0.15, 0.2) is 5.82 Å². The number of nitrogens with two attached hydrogens (primary N) is 1. The third-order valence-corrected chi connectivity index (χ3v) is 2.73. The summed E-state index contributed by atoms with van der Waals surface area (Å²) in [4.78, 5) is 4.33. The summed E-state index contributed by atoms with van der Waals surface area (Å²) in [6, 6.07) is 7.30. The van der Waals surface area contributed by atoms with Crippen molar-refractivity contribution in [1.29, 1.82) is 0 Å². The normalized spacial score (nSPS) is 12.5. The van der Waals surface area contributed by atoms with Crippen molar-refractivity contribution in [2.45, 2.75) is 13.0 Å². The molecule has 0 amide bonds. The van der Waals surface area contributed by atoms with Gasteiger partial charge >= 0.3 is 0 Å². The van der Waals surface area contributed by atoms with Crippen LogP contribution in [0.3, 0.4) is 0 Å². The van der Waals surface area contributed by atoms with Crippen LogP contribution in [0.25, 0.3) is 0 Å². The SMILES string of the molecule is COc1cccc([C@@H](N)c2nc(C)n(C)n2)c1. The van der Waals surface area contributed by atoms with E-state index in [1.807, 2.05) is 38.2 Å². The van der Waals surface area contributed by atoms with Crippen LogP contribution in [0.1, 0.15) is 23.3 Å². The number of aromatic nitrogens is 3. The second-order valence-electron chi connectivity index (χ2n) is 3.90. The molecular weight excluding hydrogens is 216 g/mol. The quantitative estimate of drug-likeness (QED) is 0.863. The van der Waals surface area contributed by atoms with Gasteiger partial charge in [0, 0.05) is 7.05 Å². The standard InChI is InChI=1S/C12H16N4O/c1-8-14-12(15-16(8)2)11(13)9-5-4-6-10(7-9)17-3/h4-7,11H,13H2,1-3H3/t11-/m1/s1. The van der Waals surface area contributed by atoms with Crippen molar-refractivity contribution in [1.82, 2.24) is 14.8 Å². The fraction of sp³-hybridized carbons (Fsp3) is 0.333. The molecule has 2 N–H and O–H groups in total. The van der Waals surface area contributed by atoms with E-state index in [1.54, 1.807) is 11.8 Å². The number of nitrogens with zero attached hydrogens (tertiary/aromatic N) is 3. The predicted octanol–water partition coefficient (Wildman–Crippen LogP) is 1.18. The molecule has 5 heteroatoms. The summed E-state index contributed by atoms with van der Waals surface area (Å²) in [5, 5.41) is 4.28. The summed E-state index contributed by atoms with van der Waals surface area (Å²) in [7, 11) is 3.48. The molecule has 0 fully saturated rings. The lowest BCUT2D eigenvalue weighted by Crippen LogP contribution is -2.14. The van der Waals surface area contributed by atoms with E-state index in [0.717, 1.165) is 17.1 Å². The molecule has 0 aliphatic rings. The Labute approximate surface area is 100 Å². The summed E-state index contributed by atoms with van der Waals surface area (Å²) >= 11 is 0. The molecule has 5 nitrogen and oxygen atoms in total. The summed E-state index contributed by atoms with van der Waals surface area (Å²) < 4.78 is 6.89. The molecule has 1 atom stereocenters. The fourth-order valence-corrected chi connectivity index (χ4v) is 1.60. The van der Waals surface area contributed by atoms with Crippen LogP contribution in [-0.4, -0.2) is 21.9 Å². The minimum absolute atomic E-state index is 0.329. The first-order valence-corrected chi connectivity index (χ1v) is 5.39. The molecular formula is C12H16N4O. The maximum atomic E-state index is 6.13. The average Bonchev–Trinajstić information content (AvgIpc) is 2.69. The first kappa shape index (κ1) is 11.6. The first-order chi connectivity index (χ1) is 8.11. The zero-order chi connectivity index (χ0) is 12.4. The molecule has 0 aliphatic carbocycles.